The molecule has 3 aromatic rings. The minimum atomic E-state index is -4.51. The average molecular weight is 500 g/mol. The summed E-state index contributed by atoms with van der Waals surface area (Å²) in [6.07, 6.45) is -0.450. The number of urea groups is 1. The number of benzene rings is 1. The number of anilines is 1. The molecule has 0 saturated carbocycles. The third-order valence-electron chi connectivity index (χ3n) is 5.54. The van der Waals surface area contributed by atoms with E-state index in [9.17, 15) is 18.0 Å². The van der Waals surface area contributed by atoms with E-state index in [1.807, 2.05) is 19.1 Å². The first-order chi connectivity index (χ1) is 17.2. The number of piperidine rings is 1. The van der Waals surface area contributed by atoms with E-state index >= 15 is 0 Å². The second-order valence-corrected chi connectivity index (χ2v) is 8.13. The lowest BCUT2D eigenvalue weighted by atomic mass is 9.91. The first kappa shape index (κ1) is 24.9. The zero-order valence-corrected chi connectivity index (χ0v) is 19.5. The Morgan fingerprint density at radius 2 is 1.94 bits per heavy atom. The normalized spacial score (nSPS) is 17.1. The number of amides is 2. The highest BCUT2D eigenvalue weighted by molar-refractivity contribution is 5.88. The van der Waals surface area contributed by atoms with Crippen molar-refractivity contribution in [2.75, 3.05) is 25.5 Å². The molecule has 2 amide bonds. The van der Waals surface area contributed by atoms with Crippen LogP contribution in [-0.4, -0.2) is 51.3 Å². The zero-order chi connectivity index (χ0) is 25.7. The lowest BCUT2D eigenvalue weighted by Crippen LogP contribution is -2.42. The van der Waals surface area contributed by atoms with E-state index in [-0.39, 0.29) is 18.0 Å². The van der Waals surface area contributed by atoms with Crippen LogP contribution < -0.4 is 14.8 Å². The fraction of sp³-hybridized carbons (Fsp3) is 0.292. The lowest BCUT2D eigenvalue weighted by Gasteiger charge is -2.33. The molecule has 0 aliphatic carbocycles. The molecule has 4 rings (SSSR count). The van der Waals surface area contributed by atoms with Gasteiger partial charge < -0.3 is 14.4 Å². The summed E-state index contributed by atoms with van der Waals surface area (Å²) in [6.45, 7) is 3.09. The van der Waals surface area contributed by atoms with Gasteiger partial charge in [0.15, 0.2) is 5.82 Å². The molecule has 188 valence electrons. The number of aromatic nitrogens is 4. The van der Waals surface area contributed by atoms with Gasteiger partial charge in [-0.3, -0.25) is 5.32 Å². The monoisotopic (exact) mass is 500 g/mol. The van der Waals surface area contributed by atoms with E-state index in [1.54, 1.807) is 35.2 Å². The highest BCUT2D eigenvalue weighted by Crippen LogP contribution is 2.30. The molecule has 0 spiro atoms. The number of hydrogen-bond acceptors (Lipinski definition) is 7. The van der Waals surface area contributed by atoms with Crippen molar-refractivity contribution in [1.29, 1.82) is 0 Å². The van der Waals surface area contributed by atoms with Gasteiger partial charge in [0.1, 0.15) is 5.75 Å². The summed E-state index contributed by atoms with van der Waals surface area (Å²) >= 11 is 0. The molecule has 12 heteroatoms. The molecule has 0 bridgehead atoms. The van der Waals surface area contributed by atoms with E-state index in [4.69, 9.17) is 9.47 Å². The second kappa shape index (κ2) is 10.6. The molecule has 3 heterocycles. The van der Waals surface area contributed by atoms with Gasteiger partial charge in [0.2, 0.25) is 5.88 Å². The van der Waals surface area contributed by atoms with Gasteiger partial charge >= 0.3 is 18.2 Å². The van der Waals surface area contributed by atoms with Gasteiger partial charge in [-0.05, 0) is 36.1 Å². The average Bonchev–Trinajstić information content (AvgIpc) is 2.86. The number of halogens is 3. The fourth-order valence-electron chi connectivity index (χ4n) is 3.64. The van der Waals surface area contributed by atoms with E-state index in [0.29, 0.717) is 49.4 Å². The topological polar surface area (TPSA) is 102 Å². The summed E-state index contributed by atoms with van der Waals surface area (Å²) in [7, 11) is 1.49. The number of nitrogens with one attached hydrogen (secondary N) is 1. The van der Waals surface area contributed by atoms with Crippen LogP contribution in [0.2, 0.25) is 0 Å². The second-order valence-electron chi connectivity index (χ2n) is 8.13. The molecule has 1 fully saturated rings. The molecule has 1 N–H and O–H groups in total. The summed E-state index contributed by atoms with van der Waals surface area (Å²) in [6, 6.07) is 9.88. The quantitative estimate of drug-likeness (QED) is 0.523. The van der Waals surface area contributed by atoms with Crippen molar-refractivity contribution >= 4 is 17.9 Å². The Labute approximate surface area is 205 Å². The zero-order valence-electron chi connectivity index (χ0n) is 19.5. The first-order valence-corrected chi connectivity index (χ1v) is 11.0. The fourth-order valence-corrected chi connectivity index (χ4v) is 3.64. The summed E-state index contributed by atoms with van der Waals surface area (Å²) < 4.78 is 48.5. The van der Waals surface area contributed by atoms with Crippen LogP contribution in [0.25, 0.3) is 6.08 Å². The van der Waals surface area contributed by atoms with Gasteiger partial charge in [-0.2, -0.15) is 13.2 Å². The molecule has 1 saturated heterocycles. The summed E-state index contributed by atoms with van der Waals surface area (Å²) in [5.41, 5.74) is 1.07. The Kier molecular flexibility index (Phi) is 7.32. The van der Waals surface area contributed by atoms with Crippen LogP contribution in [0, 0.1) is 5.92 Å². The van der Waals surface area contributed by atoms with Crippen molar-refractivity contribution < 1.29 is 27.4 Å². The van der Waals surface area contributed by atoms with E-state index in [0.717, 1.165) is 11.1 Å². The van der Waals surface area contributed by atoms with Gasteiger partial charge in [0, 0.05) is 31.5 Å². The Morgan fingerprint density at radius 1 is 1.17 bits per heavy atom. The number of hydrogen-bond donors (Lipinski definition) is 1. The largest absolute Gasteiger partial charge is 0.480 e. The molecular formula is C24H23F3N6O3. The Balaban J connectivity index is 1.37. The van der Waals surface area contributed by atoms with Crippen molar-refractivity contribution in [1.82, 2.24) is 25.1 Å². The van der Waals surface area contributed by atoms with Crippen LogP contribution in [0.1, 0.15) is 24.5 Å². The van der Waals surface area contributed by atoms with Crippen LogP contribution in [0.15, 0.2) is 54.4 Å². The number of rotatable bonds is 5. The minimum Gasteiger partial charge on any atom is -0.480 e. The first-order valence-electron chi connectivity index (χ1n) is 11.0. The molecule has 1 unspecified atom stereocenters. The highest BCUT2D eigenvalue weighted by atomic mass is 19.4. The van der Waals surface area contributed by atoms with Crippen LogP contribution in [0.4, 0.5) is 23.8 Å². The molecule has 1 aromatic carbocycles. The number of methoxy groups -OCH3 is 1. The SMILES string of the molecule is COc1ccc(NC(=O)N2CC/C(=C\c3cccc(Oc4ncc(C(F)(F)F)cn4)c3)C(C)C2)nn1. The molecule has 1 atom stereocenters. The smallest absolute Gasteiger partial charge is 0.419 e. The maximum Gasteiger partial charge on any atom is 0.419 e. The standard InChI is InChI=1S/C24H23F3N6O3/c1-15-14-33(23(34)30-20-6-7-21(35-2)32-31-20)9-8-17(15)10-16-4-3-5-19(11-16)36-22-28-12-18(13-29-22)24(25,26)27/h3-7,10-13,15H,8-9,14H2,1-2H3,(H,30,31,34)/b17-10+. The highest BCUT2D eigenvalue weighted by Gasteiger charge is 2.31. The maximum absolute atomic E-state index is 12.7. The number of nitrogens with zero attached hydrogens (tertiary/aromatic N) is 5. The van der Waals surface area contributed by atoms with Crippen LogP contribution >= 0.6 is 0 Å². The van der Waals surface area contributed by atoms with Crippen molar-refractivity contribution in [2.45, 2.75) is 19.5 Å². The molecule has 9 nitrogen and oxygen atoms in total. The van der Waals surface area contributed by atoms with E-state index < -0.39 is 11.7 Å². The van der Waals surface area contributed by atoms with Crippen LogP contribution in [0.3, 0.4) is 0 Å². The molecular weight excluding hydrogens is 477 g/mol. The van der Waals surface area contributed by atoms with Gasteiger partial charge in [-0.1, -0.05) is 30.7 Å². The lowest BCUT2D eigenvalue weighted by molar-refractivity contribution is -0.138. The summed E-state index contributed by atoms with van der Waals surface area (Å²) in [5.74, 6) is 1.20. The number of carbonyl (C=O) groups excluding carboxylic acids is 1. The van der Waals surface area contributed by atoms with Crippen molar-refractivity contribution in [3.05, 3.63) is 65.5 Å². The number of ether oxygens (including phenoxy) is 2. The number of carbonyl (C=O) groups is 1. The minimum absolute atomic E-state index is 0.106. The van der Waals surface area contributed by atoms with Crippen LogP contribution in [0.5, 0.6) is 17.6 Å². The van der Waals surface area contributed by atoms with E-state index in [2.05, 4.69) is 25.5 Å². The van der Waals surface area contributed by atoms with Crippen molar-refractivity contribution in [3.63, 3.8) is 0 Å². The molecule has 2 aromatic heterocycles. The number of alkyl halides is 3. The molecule has 36 heavy (non-hydrogen) atoms. The third-order valence-corrected chi connectivity index (χ3v) is 5.54. The predicted molar refractivity (Wildman–Crippen MR) is 124 cm³/mol. The van der Waals surface area contributed by atoms with Crippen molar-refractivity contribution in [2.24, 2.45) is 5.92 Å². The predicted octanol–water partition coefficient (Wildman–Crippen LogP) is 5.04. The van der Waals surface area contributed by atoms with E-state index in [1.165, 1.54) is 7.11 Å². The maximum atomic E-state index is 12.7. The van der Waals surface area contributed by atoms with Gasteiger partial charge in [0.05, 0.1) is 12.7 Å². The summed E-state index contributed by atoms with van der Waals surface area (Å²) in [5, 5.41) is 10.5. The Hall–Kier alpha value is -4.22. The Morgan fingerprint density at radius 3 is 2.58 bits per heavy atom. The molecule has 0 radical (unpaired) electrons. The number of likely N-dealkylation sites (tertiary alicyclic amines) is 1. The molecule has 1 aliphatic heterocycles. The van der Waals surface area contributed by atoms with Gasteiger partial charge in [-0.15, -0.1) is 10.2 Å². The Bertz CT molecular complexity index is 1230. The van der Waals surface area contributed by atoms with Gasteiger partial charge in [-0.25, -0.2) is 14.8 Å². The molecule has 1 aliphatic rings. The van der Waals surface area contributed by atoms with Crippen LogP contribution in [-0.2, 0) is 6.18 Å². The van der Waals surface area contributed by atoms with Gasteiger partial charge in [0.25, 0.3) is 0 Å². The third kappa shape index (κ3) is 6.26. The summed E-state index contributed by atoms with van der Waals surface area (Å²) in [4.78, 5) is 21.6. The van der Waals surface area contributed by atoms with Crippen molar-refractivity contribution in [3.8, 4) is 17.6 Å².